The van der Waals surface area contributed by atoms with Crippen molar-refractivity contribution >= 4 is 17.7 Å². The van der Waals surface area contributed by atoms with Gasteiger partial charge in [0.2, 0.25) is 0 Å². The Bertz CT molecular complexity index is 373. The van der Waals surface area contributed by atoms with Crippen LogP contribution in [-0.2, 0) is 14.3 Å². The van der Waals surface area contributed by atoms with Gasteiger partial charge in [-0.3, -0.25) is 4.79 Å². The lowest BCUT2D eigenvalue weighted by molar-refractivity contribution is -0.165. The largest absolute Gasteiger partial charge is 0.459 e. The van der Waals surface area contributed by atoms with Gasteiger partial charge >= 0.3 is 17.9 Å². The highest BCUT2D eigenvalue weighted by atomic mass is 19.4. The Morgan fingerprint density at radius 2 is 1.94 bits per heavy atom. The van der Waals surface area contributed by atoms with E-state index in [1.165, 1.54) is 6.92 Å². The van der Waals surface area contributed by atoms with Gasteiger partial charge in [0.25, 0.3) is 5.90 Å². The first-order chi connectivity index (χ1) is 7.09. The van der Waals surface area contributed by atoms with Crippen molar-refractivity contribution in [2.75, 3.05) is 0 Å². The zero-order chi connectivity index (χ0) is 12.7. The van der Waals surface area contributed by atoms with E-state index < -0.39 is 29.4 Å². The molecule has 0 aromatic carbocycles. The number of carbonyl (C=O) groups is 2. The molecule has 0 aromatic rings. The maximum Gasteiger partial charge on any atom is 0.459 e. The van der Waals surface area contributed by atoms with Gasteiger partial charge in [-0.2, -0.15) is 13.2 Å². The Labute approximate surface area is 89.5 Å². The third-order valence-corrected chi connectivity index (χ3v) is 2.51. The van der Waals surface area contributed by atoms with Crippen molar-refractivity contribution in [1.82, 2.24) is 0 Å². The Hall–Kier alpha value is -1.40. The van der Waals surface area contributed by atoms with Crippen molar-refractivity contribution in [3.05, 3.63) is 0 Å². The molecule has 1 heterocycles. The third kappa shape index (κ3) is 1.94. The van der Waals surface area contributed by atoms with Crippen LogP contribution in [0.2, 0.25) is 0 Å². The van der Waals surface area contributed by atoms with Gasteiger partial charge in [-0.05, 0) is 12.8 Å². The Morgan fingerprint density at radius 1 is 1.44 bits per heavy atom. The summed E-state index contributed by atoms with van der Waals surface area (Å²) in [6.45, 7) is 4.54. The number of esters is 1. The summed E-state index contributed by atoms with van der Waals surface area (Å²) in [5.74, 6) is -4.70. The van der Waals surface area contributed by atoms with E-state index >= 15 is 0 Å². The van der Waals surface area contributed by atoms with Gasteiger partial charge in [0.05, 0.1) is 0 Å². The molecule has 0 N–H and O–H groups in total. The monoisotopic (exact) mass is 237 g/mol. The van der Waals surface area contributed by atoms with Gasteiger partial charge in [-0.15, -0.1) is 0 Å². The average molecular weight is 237 g/mol. The number of cyclic esters (lactones) is 1. The number of halogens is 3. The van der Waals surface area contributed by atoms with E-state index in [2.05, 4.69) is 9.73 Å². The Kier molecular flexibility index (Phi) is 2.82. The molecule has 1 rings (SSSR count). The highest BCUT2D eigenvalue weighted by molar-refractivity contribution is 6.41. The molecule has 0 aliphatic carbocycles. The molecule has 16 heavy (non-hydrogen) atoms. The van der Waals surface area contributed by atoms with Crippen molar-refractivity contribution < 1.29 is 27.5 Å². The lowest BCUT2D eigenvalue weighted by atomic mass is 9.90. The molecule has 1 aliphatic heterocycles. The van der Waals surface area contributed by atoms with Crippen LogP contribution in [0.5, 0.6) is 0 Å². The minimum atomic E-state index is -5.08. The number of Topliss-reactive ketones (excluding diaryl/α,β-unsaturated/α-hetero) is 1. The smallest absolute Gasteiger partial charge is 0.402 e. The Balaban J connectivity index is 3.05. The fraction of sp³-hybridized carbons (Fsp3) is 0.667. The first-order valence-electron chi connectivity index (χ1n) is 4.52. The molecule has 0 radical (unpaired) electrons. The summed E-state index contributed by atoms with van der Waals surface area (Å²) >= 11 is 0. The first kappa shape index (κ1) is 12.7. The minimum Gasteiger partial charge on any atom is -0.402 e. The molecule has 0 amide bonds. The predicted octanol–water partition coefficient (Wildman–Crippen LogP) is 1.49. The number of hydrogen-bond donors (Lipinski definition) is 0. The van der Waals surface area contributed by atoms with E-state index in [9.17, 15) is 22.8 Å². The zero-order valence-corrected chi connectivity index (χ0v) is 8.88. The zero-order valence-electron chi connectivity index (χ0n) is 8.88. The SMILES string of the molecule is CC(C)[C@]1(C)N=C(C(=O)C(F)(F)F)OC1=O. The number of rotatable bonds is 2. The summed E-state index contributed by atoms with van der Waals surface area (Å²) in [4.78, 5) is 25.6. The van der Waals surface area contributed by atoms with Crippen LogP contribution in [0, 0.1) is 5.92 Å². The van der Waals surface area contributed by atoms with Crippen molar-refractivity contribution in [1.29, 1.82) is 0 Å². The number of aliphatic imine (C=N–C) groups is 1. The van der Waals surface area contributed by atoms with Crippen LogP contribution >= 0.6 is 0 Å². The molecule has 4 nitrogen and oxygen atoms in total. The Morgan fingerprint density at radius 3 is 2.25 bits per heavy atom. The summed E-state index contributed by atoms with van der Waals surface area (Å²) < 4.78 is 40.4. The molecular weight excluding hydrogens is 227 g/mol. The number of carbonyl (C=O) groups excluding carboxylic acids is 2. The number of alkyl halides is 3. The molecule has 90 valence electrons. The fourth-order valence-corrected chi connectivity index (χ4v) is 1.05. The van der Waals surface area contributed by atoms with Gasteiger partial charge in [0, 0.05) is 0 Å². The molecule has 0 spiro atoms. The van der Waals surface area contributed by atoms with Crippen molar-refractivity contribution in [3.8, 4) is 0 Å². The van der Waals surface area contributed by atoms with Crippen molar-refractivity contribution in [3.63, 3.8) is 0 Å². The maximum absolute atomic E-state index is 12.1. The van der Waals surface area contributed by atoms with Gasteiger partial charge in [-0.25, -0.2) is 9.79 Å². The number of hydrogen-bond acceptors (Lipinski definition) is 4. The minimum absolute atomic E-state index is 0.362. The van der Waals surface area contributed by atoms with Gasteiger partial charge in [-0.1, -0.05) is 13.8 Å². The van der Waals surface area contributed by atoms with Crippen molar-refractivity contribution in [2.24, 2.45) is 10.9 Å². The van der Waals surface area contributed by atoms with Crippen LogP contribution < -0.4 is 0 Å². The van der Waals surface area contributed by atoms with Crippen LogP contribution in [0.1, 0.15) is 20.8 Å². The molecule has 0 aromatic heterocycles. The second-order valence-corrected chi connectivity index (χ2v) is 3.94. The summed E-state index contributed by atoms with van der Waals surface area (Å²) in [5, 5.41) is 0. The number of ether oxygens (including phenoxy) is 1. The second-order valence-electron chi connectivity index (χ2n) is 3.94. The molecule has 1 aliphatic rings. The molecule has 0 unspecified atom stereocenters. The molecule has 0 saturated carbocycles. The third-order valence-electron chi connectivity index (χ3n) is 2.51. The van der Waals surface area contributed by atoms with Crippen molar-refractivity contribution in [2.45, 2.75) is 32.5 Å². The average Bonchev–Trinajstić information content (AvgIpc) is 2.41. The van der Waals surface area contributed by atoms with Crippen LogP contribution in [0.3, 0.4) is 0 Å². The highest BCUT2D eigenvalue weighted by Crippen LogP contribution is 2.30. The number of ketones is 1. The molecule has 0 saturated heterocycles. The second kappa shape index (κ2) is 3.57. The molecular formula is C9H10F3NO3. The van der Waals surface area contributed by atoms with E-state index in [1.807, 2.05) is 0 Å². The van der Waals surface area contributed by atoms with Gasteiger partial charge < -0.3 is 4.74 Å². The van der Waals surface area contributed by atoms with E-state index in [0.29, 0.717) is 0 Å². The maximum atomic E-state index is 12.1. The fourth-order valence-electron chi connectivity index (χ4n) is 1.05. The van der Waals surface area contributed by atoms with Crippen LogP contribution in [0.15, 0.2) is 4.99 Å². The molecule has 1 atom stereocenters. The molecule has 0 fully saturated rings. The summed E-state index contributed by atoms with van der Waals surface area (Å²) in [6.07, 6.45) is -5.08. The molecule has 7 heteroatoms. The van der Waals surface area contributed by atoms with Crippen LogP contribution in [0.4, 0.5) is 13.2 Å². The van der Waals surface area contributed by atoms with E-state index in [1.54, 1.807) is 13.8 Å². The topological polar surface area (TPSA) is 55.7 Å². The summed E-state index contributed by atoms with van der Waals surface area (Å²) in [6, 6.07) is 0. The quantitative estimate of drug-likeness (QED) is 0.683. The summed E-state index contributed by atoms with van der Waals surface area (Å²) in [5.41, 5.74) is -1.42. The predicted molar refractivity (Wildman–Crippen MR) is 47.8 cm³/mol. The van der Waals surface area contributed by atoms with Crippen LogP contribution in [0.25, 0.3) is 0 Å². The van der Waals surface area contributed by atoms with E-state index in [0.717, 1.165) is 0 Å². The van der Waals surface area contributed by atoms with E-state index in [4.69, 9.17) is 0 Å². The molecule has 0 bridgehead atoms. The normalized spacial score (nSPS) is 25.7. The highest BCUT2D eigenvalue weighted by Gasteiger charge is 2.52. The van der Waals surface area contributed by atoms with E-state index in [-0.39, 0.29) is 5.92 Å². The summed E-state index contributed by atoms with van der Waals surface area (Å²) in [7, 11) is 0. The van der Waals surface area contributed by atoms with Gasteiger partial charge in [0.1, 0.15) is 0 Å². The number of nitrogens with zero attached hydrogens (tertiary/aromatic N) is 1. The van der Waals surface area contributed by atoms with Gasteiger partial charge in [0.15, 0.2) is 5.54 Å². The lowest BCUT2D eigenvalue weighted by Crippen LogP contribution is -2.35. The standard InChI is InChI=1S/C9H10F3NO3/c1-4(2)8(3)7(15)16-6(13-8)5(14)9(10,11)12/h4H,1-3H3/t8-/m0/s1. The first-order valence-corrected chi connectivity index (χ1v) is 4.52. The van der Waals surface area contributed by atoms with Crippen LogP contribution in [-0.4, -0.2) is 29.4 Å². The lowest BCUT2D eigenvalue weighted by Gasteiger charge is -2.19.